The lowest BCUT2D eigenvalue weighted by Crippen LogP contribution is -2.27. The Morgan fingerprint density at radius 2 is 1.80 bits per heavy atom. The van der Waals surface area contributed by atoms with Crippen LogP contribution < -0.4 is 14.4 Å². The Balaban J connectivity index is 1.60. The number of nitrogens with zero attached hydrogens (tertiary/aromatic N) is 1. The van der Waals surface area contributed by atoms with Crippen molar-refractivity contribution in [1.29, 1.82) is 0 Å². The maximum atomic E-state index is 13.0. The number of hydrogen-bond donors (Lipinski definition) is 0. The fourth-order valence-corrected chi connectivity index (χ4v) is 4.96. The fourth-order valence-electron chi connectivity index (χ4n) is 3.21. The molecule has 0 atom stereocenters. The molecule has 1 aliphatic rings. The van der Waals surface area contributed by atoms with Crippen molar-refractivity contribution in [2.45, 2.75) is 6.92 Å². The van der Waals surface area contributed by atoms with Crippen LogP contribution in [0.1, 0.15) is 22.8 Å². The van der Waals surface area contributed by atoms with Crippen molar-refractivity contribution in [3.05, 3.63) is 90.3 Å². The van der Waals surface area contributed by atoms with Crippen LogP contribution in [0.3, 0.4) is 0 Å². The summed E-state index contributed by atoms with van der Waals surface area (Å²) in [6.07, 6.45) is 1.58. The van der Waals surface area contributed by atoms with Crippen LogP contribution in [-0.2, 0) is 4.79 Å². The summed E-state index contributed by atoms with van der Waals surface area (Å²) in [5.41, 5.74) is 1.37. The van der Waals surface area contributed by atoms with Gasteiger partial charge in [0.1, 0.15) is 0 Å². The topological polar surface area (TPSA) is 72.9 Å². The first-order valence-electron chi connectivity index (χ1n) is 10.2. The minimum Gasteiger partial charge on any atom is -0.490 e. The minimum atomic E-state index is -0.508. The first kappa shape index (κ1) is 25.6. The molecule has 1 saturated heterocycles. The lowest BCUT2D eigenvalue weighted by molar-refractivity contribution is -0.113. The second-order valence-electron chi connectivity index (χ2n) is 7.12. The highest BCUT2D eigenvalue weighted by atomic mass is 127. The maximum absolute atomic E-state index is 13.0. The molecular weight excluding hydrogens is 624 g/mol. The molecule has 0 aromatic heterocycles. The van der Waals surface area contributed by atoms with E-state index < -0.39 is 17.1 Å². The van der Waals surface area contributed by atoms with Crippen LogP contribution in [0.5, 0.6) is 11.5 Å². The number of anilines is 1. The molecule has 1 heterocycles. The number of esters is 1. The van der Waals surface area contributed by atoms with Crippen LogP contribution in [0.15, 0.2) is 65.6 Å². The highest BCUT2D eigenvalue weighted by molar-refractivity contribution is 14.1. The van der Waals surface area contributed by atoms with Crippen LogP contribution in [0.25, 0.3) is 6.08 Å². The molecule has 3 aromatic rings. The molecule has 2 amide bonds. The third-order valence-corrected chi connectivity index (χ3v) is 7.37. The molecule has 0 spiro atoms. The number of amides is 2. The fraction of sp³-hybridized carbons (Fsp3) is 0.0800. The SMILES string of the molecule is CCOc1cc(/C=C2\SC(=O)N(c3ccc(Cl)c(Cl)c3)C2=O)ccc1OC(=O)c1ccccc1I. The smallest absolute Gasteiger partial charge is 0.344 e. The van der Waals surface area contributed by atoms with Crippen LogP contribution in [0.4, 0.5) is 10.5 Å². The molecule has 178 valence electrons. The van der Waals surface area contributed by atoms with Crippen LogP contribution in [0.2, 0.25) is 10.0 Å². The van der Waals surface area contributed by atoms with E-state index in [0.29, 0.717) is 34.2 Å². The molecule has 10 heteroatoms. The number of halogens is 3. The van der Waals surface area contributed by atoms with Crippen molar-refractivity contribution >= 4 is 86.4 Å². The minimum absolute atomic E-state index is 0.229. The van der Waals surface area contributed by atoms with Crippen molar-refractivity contribution < 1.29 is 23.9 Å². The van der Waals surface area contributed by atoms with E-state index in [4.69, 9.17) is 32.7 Å². The van der Waals surface area contributed by atoms with E-state index >= 15 is 0 Å². The highest BCUT2D eigenvalue weighted by Gasteiger charge is 2.36. The van der Waals surface area contributed by atoms with Gasteiger partial charge in [-0.3, -0.25) is 9.59 Å². The van der Waals surface area contributed by atoms with Crippen molar-refractivity contribution in [3.8, 4) is 11.5 Å². The monoisotopic (exact) mass is 639 g/mol. The van der Waals surface area contributed by atoms with Gasteiger partial charge in [0.25, 0.3) is 11.1 Å². The van der Waals surface area contributed by atoms with E-state index in [1.54, 1.807) is 49.4 Å². The first-order chi connectivity index (χ1) is 16.8. The summed E-state index contributed by atoms with van der Waals surface area (Å²) >= 11 is 14.9. The van der Waals surface area contributed by atoms with E-state index in [0.717, 1.165) is 20.2 Å². The van der Waals surface area contributed by atoms with Gasteiger partial charge in [0.15, 0.2) is 11.5 Å². The van der Waals surface area contributed by atoms with E-state index in [2.05, 4.69) is 22.6 Å². The molecule has 4 rings (SSSR count). The van der Waals surface area contributed by atoms with Gasteiger partial charge in [-0.1, -0.05) is 41.4 Å². The molecule has 0 unspecified atom stereocenters. The predicted octanol–water partition coefficient (Wildman–Crippen LogP) is 7.46. The predicted molar refractivity (Wildman–Crippen MR) is 147 cm³/mol. The van der Waals surface area contributed by atoms with Crippen molar-refractivity contribution in [2.75, 3.05) is 11.5 Å². The quantitative estimate of drug-likeness (QED) is 0.121. The molecular formula is C25H16Cl2INO5S. The summed E-state index contributed by atoms with van der Waals surface area (Å²) in [6, 6.07) is 16.6. The van der Waals surface area contributed by atoms with E-state index in [1.165, 1.54) is 12.1 Å². The zero-order chi connectivity index (χ0) is 25.1. The Morgan fingerprint density at radius 1 is 1.03 bits per heavy atom. The Kier molecular flexibility index (Phi) is 8.05. The third-order valence-electron chi connectivity index (χ3n) is 4.82. The zero-order valence-corrected chi connectivity index (χ0v) is 22.6. The summed E-state index contributed by atoms with van der Waals surface area (Å²) in [4.78, 5) is 39.4. The normalized spacial score (nSPS) is 14.5. The summed E-state index contributed by atoms with van der Waals surface area (Å²) in [6.45, 7) is 2.14. The number of benzene rings is 3. The molecule has 35 heavy (non-hydrogen) atoms. The van der Waals surface area contributed by atoms with E-state index in [9.17, 15) is 14.4 Å². The Morgan fingerprint density at radius 3 is 2.51 bits per heavy atom. The molecule has 0 aliphatic carbocycles. The summed E-state index contributed by atoms with van der Waals surface area (Å²) in [7, 11) is 0. The molecule has 1 aliphatic heterocycles. The van der Waals surface area contributed by atoms with Gasteiger partial charge in [0, 0.05) is 3.57 Å². The number of imide groups is 1. The van der Waals surface area contributed by atoms with E-state index in [-0.39, 0.29) is 15.7 Å². The van der Waals surface area contributed by atoms with Gasteiger partial charge in [-0.15, -0.1) is 0 Å². The number of rotatable bonds is 6. The molecule has 0 bridgehead atoms. The number of ether oxygens (including phenoxy) is 2. The zero-order valence-electron chi connectivity index (χ0n) is 18.1. The van der Waals surface area contributed by atoms with Gasteiger partial charge in [-0.25, -0.2) is 9.69 Å². The van der Waals surface area contributed by atoms with Gasteiger partial charge >= 0.3 is 5.97 Å². The number of carbonyl (C=O) groups excluding carboxylic acids is 3. The molecule has 3 aromatic carbocycles. The lowest BCUT2D eigenvalue weighted by atomic mass is 10.1. The van der Waals surface area contributed by atoms with Crippen LogP contribution in [-0.4, -0.2) is 23.7 Å². The lowest BCUT2D eigenvalue weighted by Gasteiger charge is -2.13. The summed E-state index contributed by atoms with van der Waals surface area (Å²) in [5.74, 6) is -0.404. The largest absolute Gasteiger partial charge is 0.490 e. The number of thioether (sulfide) groups is 1. The van der Waals surface area contributed by atoms with Crippen molar-refractivity contribution in [1.82, 2.24) is 0 Å². The Bertz CT molecular complexity index is 1380. The molecule has 6 nitrogen and oxygen atoms in total. The van der Waals surface area contributed by atoms with Gasteiger partial charge in [-0.2, -0.15) is 0 Å². The summed E-state index contributed by atoms with van der Waals surface area (Å²) < 4.78 is 12.0. The van der Waals surface area contributed by atoms with Gasteiger partial charge in [0.05, 0.1) is 32.8 Å². The standard InChI is InChI=1S/C25H16Cl2INO5S/c1-2-33-21-11-14(7-10-20(21)34-24(31)16-5-3-4-6-19(16)28)12-22-23(30)29(25(32)35-22)15-8-9-17(26)18(27)13-15/h3-13H,2H2,1H3/b22-12-. The molecule has 1 fully saturated rings. The van der Waals surface area contributed by atoms with E-state index in [1.807, 2.05) is 12.1 Å². The number of carbonyl (C=O) groups is 3. The van der Waals surface area contributed by atoms with Crippen LogP contribution in [0, 0.1) is 3.57 Å². The first-order valence-corrected chi connectivity index (χ1v) is 12.9. The highest BCUT2D eigenvalue weighted by Crippen LogP contribution is 2.38. The van der Waals surface area contributed by atoms with Gasteiger partial charge < -0.3 is 9.47 Å². The molecule has 0 radical (unpaired) electrons. The summed E-state index contributed by atoms with van der Waals surface area (Å²) in [5, 5.41) is 0.112. The Labute approximate surface area is 229 Å². The van der Waals surface area contributed by atoms with Gasteiger partial charge in [-0.05, 0) is 95.4 Å². The molecule has 0 saturated carbocycles. The van der Waals surface area contributed by atoms with Gasteiger partial charge in [0.2, 0.25) is 0 Å². The average Bonchev–Trinajstić information content (AvgIpc) is 3.10. The Hall–Kier alpha value is -2.53. The molecule has 0 N–H and O–H groups in total. The number of hydrogen-bond acceptors (Lipinski definition) is 6. The second kappa shape index (κ2) is 11.0. The maximum Gasteiger partial charge on any atom is 0.344 e. The van der Waals surface area contributed by atoms with Crippen LogP contribution >= 0.6 is 57.6 Å². The van der Waals surface area contributed by atoms with Crippen molar-refractivity contribution in [2.24, 2.45) is 0 Å². The third kappa shape index (κ3) is 5.66. The van der Waals surface area contributed by atoms with Crippen molar-refractivity contribution in [3.63, 3.8) is 0 Å². The second-order valence-corrected chi connectivity index (χ2v) is 10.1. The average molecular weight is 640 g/mol.